The van der Waals surface area contributed by atoms with E-state index >= 15 is 0 Å². The lowest BCUT2D eigenvalue weighted by Gasteiger charge is -2.35. The van der Waals surface area contributed by atoms with Gasteiger partial charge in [0.1, 0.15) is 5.69 Å². The van der Waals surface area contributed by atoms with Crippen LogP contribution in [0.4, 0.5) is 0 Å². The number of hydrogen-bond donors (Lipinski definition) is 1. The number of H-pyrrole nitrogens is 1. The number of esters is 1. The zero-order valence-corrected chi connectivity index (χ0v) is 18.0. The van der Waals surface area contributed by atoms with Gasteiger partial charge in [0.15, 0.2) is 5.78 Å². The molecular formula is C23H29N3O4. The van der Waals surface area contributed by atoms with Gasteiger partial charge in [-0.25, -0.2) is 4.79 Å². The van der Waals surface area contributed by atoms with Gasteiger partial charge in [0.05, 0.1) is 12.6 Å². The van der Waals surface area contributed by atoms with Gasteiger partial charge in [0.2, 0.25) is 5.91 Å². The summed E-state index contributed by atoms with van der Waals surface area (Å²) in [6.45, 7) is 7.56. The van der Waals surface area contributed by atoms with Crippen LogP contribution in [0.15, 0.2) is 24.5 Å². The Hall–Kier alpha value is -2.96. The van der Waals surface area contributed by atoms with E-state index in [2.05, 4.69) is 9.97 Å². The van der Waals surface area contributed by atoms with E-state index in [9.17, 15) is 14.4 Å². The Kier molecular flexibility index (Phi) is 6.70. The fourth-order valence-corrected chi connectivity index (χ4v) is 3.86. The van der Waals surface area contributed by atoms with Crippen LogP contribution in [0.2, 0.25) is 0 Å². The Morgan fingerprint density at radius 1 is 1.30 bits per heavy atom. The molecule has 2 aromatic heterocycles. The van der Waals surface area contributed by atoms with Crippen molar-refractivity contribution >= 4 is 17.7 Å². The molecule has 1 aliphatic rings. The highest BCUT2D eigenvalue weighted by Gasteiger charge is 2.36. The van der Waals surface area contributed by atoms with Gasteiger partial charge in [-0.2, -0.15) is 0 Å². The topological polar surface area (TPSA) is 92.4 Å². The number of aryl methyl sites for hydroxylation is 1. The number of carbonyl (C=O) groups excluding carboxylic acids is 3. The smallest absolute Gasteiger partial charge is 0.355 e. The van der Waals surface area contributed by atoms with Crippen molar-refractivity contribution in [2.75, 3.05) is 6.61 Å². The molecule has 1 N–H and O–H groups in total. The minimum atomic E-state index is -0.665. The van der Waals surface area contributed by atoms with Crippen LogP contribution < -0.4 is 0 Å². The van der Waals surface area contributed by atoms with Gasteiger partial charge in [0, 0.05) is 36.1 Å². The largest absolute Gasteiger partial charge is 0.461 e. The summed E-state index contributed by atoms with van der Waals surface area (Å²) in [5.74, 6) is -0.696. The Morgan fingerprint density at radius 3 is 2.60 bits per heavy atom. The van der Waals surface area contributed by atoms with Gasteiger partial charge >= 0.3 is 5.97 Å². The molecule has 0 aliphatic heterocycles. The second-order valence-electron chi connectivity index (χ2n) is 7.84. The molecule has 2 heterocycles. The third-order valence-corrected chi connectivity index (χ3v) is 5.82. The molecule has 1 aliphatic carbocycles. The van der Waals surface area contributed by atoms with Crippen LogP contribution in [-0.2, 0) is 16.1 Å². The van der Waals surface area contributed by atoms with E-state index in [1.807, 2.05) is 12.1 Å². The first kappa shape index (κ1) is 21.7. The minimum absolute atomic E-state index is 0.00223. The molecule has 1 unspecified atom stereocenters. The zero-order valence-electron chi connectivity index (χ0n) is 18.0. The third kappa shape index (κ3) is 4.30. The highest BCUT2D eigenvalue weighted by atomic mass is 16.5. The Bertz CT molecular complexity index is 931. The third-order valence-electron chi connectivity index (χ3n) is 5.82. The van der Waals surface area contributed by atoms with Crippen LogP contribution in [0, 0.1) is 19.8 Å². The quantitative estimate of drug-likeness (QED) is 0.529. The van der Waals surface area contributed by atoms with Crippen molar-refractivity contribution in [2.24, 2.45) is 5.92 Å². The lowest BCUT2D eigenvalue weighted by Crippen LogP contribution is -2.47. The molecule has 0 bridgehead atoms. The number of aromatic amines is 1. The maximum absolute atomic E-state index is 13.5. The van der Waals surface area contributed by atoms with Gasteiger partial charge < -0.3 is 14.6 Å². The SMILES string of the molecule is CCOC(=O)c1[nH]c(C)c(C(=O)C(C)N(Cc2cccnc2)C(=O)C2CCC2)c1C. The Balaban J connectivity index is 1.90. The summed E-state index contributed by atoms with van der Waals surface area (Å²) in [5, 5.41) is 0. The molecule has 0 radical (unpaired) electrons. The molecule has 2 aromatic rings. The van der Waals surface area contributed by atoms with Gasteiger partial charge in [-0.3, -0.25) is 14.6 Å². The molecule has 0 saturated heterocycles. The summed E-state index contributed by atoms with van der Waals surface area (Å²) in [5.41, 5.74) is 2.77. The van der Waals surface area contributed by atoms with Crippen molar-refractivity contribution < 1.29 is 19.1 Å². The molecule has 1 fully saturated rings. The molecule has 1 saturated carbocycles. The maximum Gasteiger partial charge on any atom is 0.355 e. The summed E-state index contributed by atoms with van der Waals surface area (Å²) < 4.78 is 5.08. The molecule has 1 amide bonds. The van der Waals surface area contributed by atoms with Crippen LogP contribution in [-0.4, -0.2) is 45.2 Å². The van der Waals surface area contributed by atoms with E-state index in [1.165, 1.54) is 0 Å². The minimum Gasteiger partial charge on any atom is -0.461 e. The summed E-state index contributed by atoms with van der Waals surface area (Å²) in [6.07, 6.45) is 6.15. The molecule has 3 rings (SSSR count). The number of pyridine rings is 1. The van der Waals surface area contributed by atoms with Gasteiger partial charge in [-0.15, -0.1) is 0 Å². The number of ketones is 1. The second-order valence-corrected chi connectivity index (χ2v) is 7.84. The van der Waals surface area contributed by atoms with Gasteiger partial charge in [-0.1, -0.05) is 12.5 Å². The highest BCUT2D eigenvalue weighted by molar-refractivity contribution is 6.06. The molecule has 160 valence electrons. The number of Topliss-reactive ketones (excluding diaryl/α,β-unsaturated/α-hetero) is 1. The first-order valence-corrected chi connectivity index (χ1v) is 10.4. The number of nitrogens with zero attached hydrogens (tertiary/aromatic N) is 2. The standard InChI is InChI=1S/C23H29N3O4/c1-5-30-23(29)20-14(2)19(15(3)25-20)21(27)16(4)26(22(28)18-9-6-10-18)13-17-8-7-11-24-12-17/h7-8,11-12,16,18,25H,5-6,9-10,13H2,1-4H3. The molecule has 1 atom stereocenters. The number of nitrogens with one attached hydrogen (secondary N) is 1. The zero-order chi connectivity index (χ0) is 21.8. The molecule has 30 heavy (non-hydrogen) atoms. The van der Waals surface area contributed by atoms with Crippen molar-refractivity contribution in [3.8, 4) is 0 Å². The lowest BCUT2D eigenvalue weighted by atomic mass is 9.83. The normalized spacial score (nSPS) is 14.7. The highest BCUT2D eigenvalue weighted by Crippen LogP contribution is 2.30. The van der Waals surface area contributed by atoms with Crippen molar-refractivity contribution in [3.05, 3.63) is 52.6 Å². The van der Waals surface area contributed by atoms with Gasteiger partial charge in [-0.05, 0) is 57.7 Å². The van der Waals surface area contributed by atoms with Crippen LogP contribution in [0.1, 0.15) is 70.8 Å². The van der Waals surface area contributed by atoms with E-state index in [0.29, 0.717) is 23.4 Å². The Morgan fingerprint density at radius 2 is 2.03 bits per heavy atom. The average Bonchev–Trinajstić information content (AvgIpc) is 2.99. The number of carbonyl (C=O) groups is 3. The summed E-state index contributed by atoms with van der Waals surface area (Å²) in [4.78, 5) is 47.6. The second kappa shape index (κ2) is 9.24. The molecule has 0 aromatic carbocycles. The average molecular weight is 412 g/mol. The number of aromatic nitrogens is 2. The van der Waals surface area contributed by atoms with E-state index in [0.717, 1.165) is 24.8 Å². The molecule has 7 heteroatoms. The van der Waals surface area contributed by atoms with Crippen LogP contribution in [0.3, 0.4) is 0 Å². The number of rotatable bonds is 8. The lowest BCUT2D eigenvalue weighted by molar-refractivity contribution is -0.140. The van der Waals surface area contributed by atoms with E-state index < -0.39 is 12.0 Å². The fourth-order valence-electron chi connectivity index (χ4n) is 3.86. The predicted octanol–water partition coefficient (Wildman–Crippen LogP) is 3.60. The maximum atomic E-state index is 13.5. The molecular weight excluding hydrogens is 382 g/mol. The van der Waals surface area contributed by atoms with Crippen molar-refractivity contribution in [1.29, 1.82) is 0 Å². The predicted molar refractivity (Wildman–Crippen MR) is 112 cm³/mol. The summed E-state index contributed by atoms with van der Waals surface area (Å²) in [6, 6.07) is 3.05. The summed E-state index contributed by atoms with van der Waals surface area (Å²) in [7, 11) is 0. The van der Waals surface area contributed by atoms with Crippen LogP contribution >= 0.6 is 0 Å². The van der Waals surface area contributed by atoms with Crippen molar-refractivity contribution in [3.63, 3.8) is 0 Å². The van der Waals surface area contributed by atoms with Gasteiger partial charge in [0.25, 0.3) is 0 Å². The first-order chi connectivity index (χ1) is 14.3. The number of amides is 1. The van der Waals surface area contributed by atoms with E-state index in [4.69, 9.17) is 4.74 Å². The fraction of sp³-hybridized carbons (Fsp3) is 0.478. The van der Waals surface area contributed by atoms with Crippen molar-refractivity contribution in [2.45, 2.75) is 59.5 Å². The van der Waals surface area contributed by atoms with Crippen LogP contribution in [0.5, 0.6) is 0 Å². The van der Waals surface area contributed by atoms with Crippen LogP contribution in [0.25, 0.3) is 0 Å². The van der Waals surface area contributed by atoms with E-state index in [1.54, 1.807) is 45.0 Å². The summed E-state index contributed by atoms with van der Waals surface area (Å²) >= 11 is 0. The Labute approximate surface area is 176 Å². The number of ether oxygens (including phenoxy) is 1. The molecule has 0 spiro atoms. The number of hydrogen-bond acceptors (Lipinski definition) is 5. The molecule has 7 nitrogen and oxygen atoms in total. The van der Waals surface area contributed by atoms with Crippen molar-refractivity contribution in [1.82, 2.24) is 14.9 Å². The first-order valence-electron chi connectivity index (χ1n) is 10.4. The monoisotopic (exact) mass is 411 g/mol. The van der Waals surface area contributed by atoms with E-state index in [-0.39, 0.29) is 29.9 Å².